The predicted octanol–water partition coefficient (Wildman–Crippen LogP) is 4.62. The van der Waals surface area contributed by atoms with Gasteiger partial charge >= 0.3 is 0 Å². The molecule has 0 bridgehead atoms. The van der Waals surface area contributed by atoms with Crippen molar-refractivity contribution >= 4 is 22.5 Å². The Bertz CT molecular complexity index is 1070. The van der Waals surface area contributed by atoms with Crippen molar-refractivity contribution < 1.29 is 4.74 Å². The highest BCUT2D eigenvalue weighted by Crippen LogP contribution is 2.30. The molecule has 6 nitrogen and oxygen atoms in total. The van der Waals surface area contributed by atoms with Crippen LogP contribution in [0.1, 0.15) is 13.8 Å². The summed E-state index contributed by atoms with van der Waals surface area (Å²) in [5.74, 6) is 1.53. The van der Waals surface area contributed by atoms with Crippen LogP contribution in [0.25, 0.3) is 22.3 Å². The van der Waals surface area contributed by atoms with E-state index in [0.29, 0.717) is 11.5 Å². The molecule has 0 atom stereocenters. The number of nitrogens with one attached hydrogen (secondary N) is 1. The molecule has 27 heavy (non-hydrogen) atoms. The second-order valence-corrected chi connectivity index (χ2v) is 6.34. The first-order chi connectivity index (χ1) is 13.2. The summed E-state index contributed by atoms with van der Waals surface area (Å²) < 4.78 is 5.81. The molecule has 0 radical (unpaired) electrons. The van der Waals surface area contributed by atoms with E-state index in [-0.39, 0.29) is 6.10 Å². The van der Waals surface area contributed by atoms with Crippen LogP contribution >= 0.6 is 0 Å². The Labute approximate surface area is 157 Å². The Balaban J connectivity index is 1.80. The lowest BCUT2D eigenvalue weighted by molar-refractivity contribution is 0.242. The average Bonchev–Trinajstić information content (AvgIpc) is 2.68. The first kappa shape index (κ1) is 16.9. The lowest BCUT2D eigenvalue weighted by Crippen LogP contribution is -2.05. The molecule has 3 aromatic heterocycles. The van der Waals surface area contributed by atoms with Crippen molar-refractivity contribution in [1.29, 1.82) is 0 Å². The van der Waals surface area contributed by atoms with Crippen molar-refractivity contribution in [2.45, 2.75) is 20.0 Å². The molecular formula is C21H19N5O. The highest BCUT2D eigenvalue weighted by Gasteiger charge is 2.10. The van der Waals surface area contributed by atoms with Crippen LogP contribution in [-0.2, 0) is 0 Å². The SMILES string of the molecule is CC(C)Oc1cccc(-c2cc(Nc3ccncn3)c3cccnc3n2)c1. The van der Waals surface area contributed by atoms with Gasteiger partial charge < -0.3 is 10.1 Å². The largest absolute Gasteiger partial charge is 0.491 e. The minimum Gasteiger partial charge on any atom is -0.491 e. The van der Waals surface area contributed by atoms with Gasteiger partial charge in [-0.15, -0.1) is 0 Å². The fraction of sp³-hybridized carbons (Fsp3) is 0.143. The Morgan fingerprint density at radius 3 is 2.70 bits per heavy atom. The summed E-state index contributed by atoms with van der Waals surface area (Å²) in [5.41, 5.74) is 3.33. The van der Waals surface area contributed by atoms with Gasteiger partial charge in [0.25, 0.3) is 0 Å². The van der Waals surface area contributed by atoms with Crippen molar-refractivity contribution in [2.75, 3.05) is 5.32 Å². The number of benzene rings is 1. The Morgan fingerprint density at radius 1 is 0.963 bits per heavy atom. The summed E-state index contributed by atoms with van der Waals surface area (Å²) in [6.45, 7) is 4.02. The Morgan fingerprint density at radius 2 is 1.89 bits per heavy atom. The van der Waals surface area contributed by atoms with E-state index in [0.717, 1.165) is 28.1 Å². The summed E-state index contributed by atoms with van der Waals surface area (Å²) >= 11 is 0. The molecule has 0 unspecified atom stereocenters. The van der Waals surface area contributed by atoms with Crippen LogP contribution in [0.5, 0.6) is 5.75 Å². The highest BCUT2D eigenvalue weighted by atomic mass is 16.5. The summed E-state index contributed by atoms with van der Waals surface area (Å²) in [7, 11) is 0. The van der Waals surface area contributed by atoms with Crippen molar-refractivity contribution in [3.8, 4) is 17.0 Å². The average molecular weight is 357 g/mol. The molecule has 3 heterocycles. The zero-order valence-corrected chi connectivity index (χ0v) is 15.1. The van der Waals surface area contributed by atoms with E-state index < -0.39 is 0 Å². The van der Waals surface area contributed by atoms with Crippen molar-refractivity contribution in [3.05, 3.63) is 67.3 Å². The third-order valence-corrected chi connectivity index (χ3v) is 3.93. The number of ether oxygens (including phenoxy) is 1. The van der Waals surface area contributed by atoms with Crippen LogP contribution in [0.2, 0.25) is 0 Å². The second-order valence-electron chi connectivity index (χ2n) is 6.34. The lowest BCUT2D eigenvalue weighted by atomic mass is 10.1. The van der Waals surface area contributed by atoms with Gasteiger partial charge in [0, 0.05) is 23.3 Å². The van der Waals surface area contributed by atoms with E-state index >= 15 is 0 Å². The lowest BCUT2D eigenvalue weighted by Gasteiger charge is -2.13. The number of pyridine rings is 2. The van der Waals surface area contributed by atoms with E-state index in [1.54, 1.807) is 12.4 Å². The summed E-state index contributed by atoms with van der Waals surface area (Å²) in [6.07, 6.45) is 5.06. The molecule has 0 aliphatic carbocycles. The third kappa shape index (κ3) is 3.84. The maximum Gasteiger partial charge on any atom is 0.161 e. The van der Waals surface area contributed by atoms with Gasteiger partial charge in [0.1, 0.15) is 17.9 Å². The van der Waals surface area contributed by atoms with E-state index in [1.807, 2.05) is 62.4 Å². The fourth-order valence-electron chi connectivity index (χ4n) is 2.81. The fourth-order valence-corrected chi connectivity index (χ4v) is 2.81. The topological polar surface area (TPSA) is 72.8 Å². The molecule has 6 heteroatoms. The van der Waals surface area contributed by atoms with Gasteiger partial charge in [0.2, 0.25) is 0 Å². The van der Waals surface area contributed by atoms with Crippen LogP contribution in [0, 0.1) is 0 Å². The van der Waals surface area contributed by atoms with E-state index in [4.69, 9.17) is 9.72 Å². The van der Waals surface area contributed by atoms with Crippen LogP contribution in [0.4, 0.5) is 11.5 Å². The number of anilines is 2. The Kier molecular flexibility index (Phi) is 4.61. The van der Waals surface area contributed by atoms with Crippen LogP contribution in [-0.4, -0.2) is 26.0 Å². The standard InChI is InChI=1S/C21H19N5O/c1-14(2)27-16-6-3-5-15(11-16)18-12-19(25-20-8-10-22-13-24-20)17-7-4-9-23-21(17)26-18/h3-14H,1-2H3,(H,22,23,24,25,26). The molecular weight excluding hydrogens is 338 g/mol. The summed E-state index contributed by atoms with van der Waals surface area (Å²) in [4.78, 5) is 17.4. The van der Waals surface area contributed by atoms with E-state index in [9.17, 15) is 0 Å². The first-order valence-corrected chi connectivity index (χ1v) is 8.75. The second kappa shape index (κ2) is 7.37. The molecule has 0 aliphatic rings. The van der Waals surface area contributed by atoms with Gasteiger partial charge in [-0.05, 0) is 50.2 Å². The molecule has 0 spiro atoms. The van der Waals surface area contributed by atoms with Gasteiger partial charge in [0.05, 0.1) is 17.5 Å². The minimum absolute atomic E-state index is 0.112. The Hall–Kier alpha value is -3.54. The molecule has 0 saturated heterocycles. The maximum absolute atomic E-state index is 5.81. The van der Waals surface area contributed by atoms with Gasteiger partial charge in [-0.3, -0.25) is 0 Å². The number of fused-ring (bicyclic) bond motifs is 1. The number of nitrogens with zero attached hydrogens (tertiary/aromatic N) is 4. The van der Waals surface area contributed by atoms with Crippen molar-refractivity contribution in [1.82, 2.24) is 19.9 Å². The molecule has 0 saturated carbocycles. The van der Waals surface area contributed by atoms with E-state index in [1.165, 1.54) is 6.33 Å². The van der Waals surface area contributed by atoms with Gasteiger partial charge in [0.15, 0.2) is 5.65 Å². The first-order valence-electron chi connectivity index (χ1n) is 8.75. The molecule has 4 aromatic rings. The molecule has 0 aliphatic heterocycles. The summed E-state index contributed by atoms with van der Waals surface area (Å²) in [5, 5.41) is 4.27. The molecule has 1 N–H and O–H groups in total. The molecule has 134 valence electrons. The molecule has 0 fully saturated rings. The smallest absolute Gasteiger partial charge is 0.161 e. The van der Waals surface area contributed by atoms with Crippen molar-refractivity contribution in [2.24, 2.45) is 0 Å². The minimum atomic E-state index is 0.112. The predicted molar refractivity (Wildman–Crippen MR) is 106 cm³/mol. The summed E-state index contributed by atoms with van der Waals surface area (Å²) in [6, 6.07) is 15.6. The van der Waals surface area contributed by atoms with Gasteiger partial charge in [-0.2, -0.15) is 0 Å². The van der Waals surface area contributed by atoms with Gasteiger partial charge in [-0.1, -0.05) is 12.1 Å². The molecule has 1 aromatic carbocycles. The molecule has 4 rings (SSSR count). The quantitative estimate of drug-likeness (QED) is 0.562. The molecule has 0 amide bonds. The maximum atomic E-state index is 5.81. The number of rotatable bonds is 5. The zero-order chi connectivity index (χ0) is 18.6. The normalized spacial score (nSPS) is 10.9. The number of hydrogen-bond donors (Lipinski definition) is 1. The number of hydrogen-bond acceptors (Lipinski definition) is 6. The third-order valence-electron chi connectivity index (χ3n) is 3.93. The monoisotopic (exact) mass is 357 g/mol. The van der Waals surface area contributed by atoms with Gasteiger partial charge in [-0.25, -0.2) is 19.9 Å². The van der Waals surface area contributed by atoms with Crippen LogP contribution < -0.4 is 10.1 Å². The number of aromatic nitrogens is 4. The highest BCUT2D eigenvalue weighted by molar-refractivity contribution is 5.93. The van der Waals surface area contributed by atoms with Crippen LogP contribution in [0.15, 0.2) is 67.3 Å². The van der Waals surface area contributed by atoms with Crippen molar-refractivity contribution in [3.63, 3.8) is 0 Å². The van der Waals surface area contributed by atoms with Crippen LogP contribution in [0.3, 0.4) is 0 Å². The van der Waals surface area contributed by atoms with E-state index in [2.05, 4.69) is 20.3 Å². The zero-order valence-electron chi connectivity index (χ0n) is 15.1.